The number of aromatic hydroxyl groups is 2. The quantitative estimate of drug-likeness (QED) is 0.0185. The van der Waals surface area contributed by atoms with Crippen molar-refractivity contribution in [3.05, 3.63) is 143 Å². The van der Waals surface area contributed by atoms with Gasteiger partial charge in [-0.3, -0.25) is 4.79 Å². The summed E-state index contributed by atoms with van der Waals surface area (Å²) >= 11 is 10.1. The number of carbonyl (C=O) groups excluding carboxylic acids is 1. The maximum atomic E-state index is 10.6. The number of aliphatic hydroxyl groups excluding tert-OH is 4. The maximum absolute atomic E-state index is 10.6. The zero-order valence-corrected chi connectivity index (χ0v) is 69.0. The highest BCUT2D eigenvalue weighted by molar-refractivity contribution is 9.11. The van der Waals surface area contributed by atoms with Crippen LogP contribution in [0.3, 0.4) is 0 Å². The molecule has 3 heterocycles. The fourth-order valence-electron chi connectivity index (χ4n) is 9.67. The average molecular weight is 1680 g/mol. The van der Waals surface area contributed by atoms with Gasteiger partial charge in [0.05, 0.1) is 104 Å². The molecule has 106 heavy (non-hydrogen) atoms. The lowest BCUT2D eigenvalue weighted by atomic mass is 9.95. The molecule has 3 fully saturated rings. The average Bonchev–Trinajstić information content (AvgIpc) is 0.796. The summed E-state index contributed by atoms with van der Waals surface area (Å²) in [7, 11) is 9.23. The molecule has 6 aromatic rings. The minimum atomic E-state index is -0.744. The van der Waals surface area contributed by atoms with Crippen molar-refractivity contribution in [1.82, 2.24) is 0 Å². The molecular weight excluding hydrogens is 1570 g/mol. The molecule has 9 rings (SSSR count). The highest BCUT2D eigenvalue weighted by atomic mass is 79.9. The zero-order valence-electron chi connectivity index (χ0n) is 64.3. The lowest BCUT2D eigenvalue weighted by Gasteiger charge is -2.36. The van der Waals surface area contributed by atoms with Crippen LogP contribution in [0.1, 0.15) is 124 Å². The van der Waals surface area contributed by atoms with Crippen LogP contribution in [0, 0.1) is 49.4 Å². The molecule has 0 saturated carbocycles. The molecule has 3 saturated heterocycles. The van der Waals surface area contributed by atoms with E-state index in [9.17, 15) is 25.2 Å². The van der Waals surface area contributed by atoms with E-state index in [2.05, 4.69) is 101 Å². The van der Waals surface area contributed by atoms with Gasteiger partial charge < -0.3 is 117 Å². The Bertz CT molecular complexity index is 3620. The third-order valence-corrected chi connectivity index (χ3v) is 17.9. The Morgan fingerprint density at radius 2 is 0.868 bits per heavy atom. The predicted octanol–water partition coefficient (Wildman–Crippen LogP) is 13.9. The number of phenols is 2. The van der Waals surface area contributed by atoms with Crippen LogP contribution < -0.4 is 48.9 Å². The molecule has 3 aliphatic rings. The number of carbonyl (C=O) groups is 1. The predicted molar refractivity (Wildman–Crippen MR) is 414 cm³/mol. The monoisotopic (exact) mass is 1680 g/mol. The summed E-state index contributed by atoms with van der Waals surface area (Å²) in [4.78, 5) is 10.5. The molecular formula is C78H111Br3N2O23. The first-order valence-electron chi connectivity index (χ1n) is 34.1. The second-order valence-corrected chi connectivity index (χ2v) is 30.8. The Kier molecular flexibility index (Phi) is 39.1. The molecule has 0 spiro atoms. The maximum Gasteiger partial charge on any atom is 0.189 e. The second-order valence-electron chi connectivity index (χ2n) is 28.2. The first kappa shape index (κ1) is 92.1. The van der Waals surface area contributed by atoms with E-state index in [1.165, 1.54) is 25.3 Å². The first-order chi connectivity index (χ1) is 50.1. The molecule has 2 atom stereocenters. The van der Waals surface area contributed by atoms with Gasteiger partial charge in [-0.05, 0) is 115 Å². The van der Waals surface area contributed by atoms with Crippen molar-refractivity contribution in [1.29, 1.82) is 0 Å². The van der Waals surface area contributed by atoms with E-state index in [0.29, 0.717) is 102 Å². The molecule has 3 aliphatic heterocycles. The molecule has 0 unspecified atom stereocenters. The van der Waals surface area contributed by atoms with Crippen molar-refractivity contribution in [3.8, 4) is 57.5 Å². The van der Waals surface area contributed by atoms with Crippen molar-refractivity contribution >= 4 is 59.8 Å². The largest absolute Gasteiger partial charge is 0.504 e. The number of nitrogens with two attached hydrogens (primary N) is 1. The van der Waals surface area contributed by atoms with E-state index < -0.39 is 31.1 Å². The number of ether oxygens (including phenoxy) is 16. The van der Waals surface area contributed by atoms with E-state index >= 15 is 0 Å². The highest BCUT2D eigenvalue weighted by Gasteiger charge is 2.36. The molecule has 0 bridgehead atoms. The van der Waals surface area contributed by atoms with Crippen molar-refractivity contribution in [2.45, 2.75) is 114 Å². The molecule has 0 aromatic heterocycles. The van der Waals surface area contributed by atoms with E-state index in [4.69, 9.17) is 91.7 Å². The van der Waals surface area contributed by atoms with Gasteiger partial charge in [0.1, 0.15) is 36.9 Å². The smallest absolute Gasteiger partial charge is 0.189 e. The molecule has 25 nitrogen and oxygen atoms in total. The number of aryl methyl sites for hydroxylation is 4. The number of phenolic OH excluding ortho intramolecular Hbond substituents is 2. The zero-order chi connectivity index (χ0) is 79.1. The van der Waals surface area contributed by atoms with Crippen LogP contribution >= 0.6 is 47.8 Å². The Hall–Kier alpha value is -6.29. The molecule has 6 aromatic carbocycles. The van der Waals surface area contributed by atoms with E-state index in [1.807, 2.05) is 76.2 Å². The van der Waals surface area contributed by atoms with Gasteiger partial charge in [0.2, 0.25) is 0 Å². The summed E-state index contributed by atoms with van der Waals surface area (Å²) in [6.07, 6.45) is -2.47. The molecule has 0 radical (unpaired) electrons. The van der Waals surface area contributed by atoms with E-state index in [0.717, 1.165) is 37.1 Å². The summed E-state index contributed by atoms with van der Waals surface area (Å²) in [5.41, 5.74) is 12.3. The molecule has 28 heteroatoms. The van der Waals surface area contributed by atoms with Crippen LogP contribution in [0.15, 0.2) is 98.3 Å². The Balaban J connectivity index is 0.000000287. The topological polar surface area (TPSA) is 324 Å². The van der Waals surface area contributed by atoms with Gasteiger partial charge in [0.15, 0.2) is 84.7 Å². The number of aliphatic hydroxyl groups is 4. The van der Waals surface area contributed by atoms with Crippen molar-refractivity contribution in [2.75, 3.05) is 141 Å². The van der Waals surface area contributed by atoms with Crippen molar-refractivity contribution in [3.63, 3.8) is 0 Å². The Morgan fingerprint density at radius 3 is 1.25 bits per heavy atom. The van der Waals surface area contributed by atoms with Crippen LogP contribution in [0.2, 0.25) is 0 Å². The SMILES string of the molecule is CC(C)(CO)CO.COCOc1c(OC)ccc(Br)c1C1OCC(C)(C)CO1.COCOc1c(OC)ccc(NC[C@@H](O)COc2ccc(C)cc2C)c1C1OCC(C)(C)CO1.COc1ccc(Br)c(C2OCC(C)(C)CO2)c1O.COc1ccc(Br)c(C=O)c1O.Cc1ccc(OC[C@H](O)CN)c(C)c1. The third kappa shape index (κ3) is 29.3. The van der Waals surface area contributed by atoms with Crippen LogP contribution in [-0.4, -0.2) is 185 Å². The van der Waals surface area contributed by atoms with Gasteiger partial charge in [0, 0.05) is 68.1 Å². The minimum absolute atomic E-state index is 0.00252. The Morgan fingerprint density at radius 1 is 0.509 bits per heavy atom. The fraction of sp³-hybridized carbons (Fsp3) is 0.526. The minimum Gasteiger partial charge on any atom is -0.504 e. The van der Waals surface area contributed by atoms with Crippen LogP contribution in [0.5, 0.6) is 57.5 Å². The molecule has 592 valence electrons. The molecule has 9 N–H and O–H groups in total. The number of rotatable bonds is 26. The van der Waals surface area contributed by atoms with Gasteiger partial charge in [-0.2, -0.15) is 0 Å². The van der Waals surface area contributed by atoms with E-state index in [-0.39, 0.29) is 91.8 Å². The van der Waals surface area contributed by atoms with Gasteiger partial charge in [0.25, 0.3) is 0 Å². The van der Waals surface area contributed by atoms with Crippen molar-refractivity contribution in [2.24, 2.45) is 27.4 Å². The number of aldehydes is 1. The summed E-state index contributed by atoms with van der Waals surface area (Å²) in [5.74, 6) is 4.37. The number of nitrogens with one attached hydrogen (secondary N) is 1. The third-order valence-electron chi connectivity index (χ3n) is 15.8. The van der Waals surface area contributed by atoms with Crippen LogP contribution in [0.4, 0.5) is 5.69 Å². The normalized spacial score (nSPS) is 15.9. The number of methoxy groups -OCH3 is 6. The fourth-order valence-corrected chi connectivity index (χ4v) is 11.1. The standard InChI is InChI=1S/C26H37NO7.C15H21BrO5.C13H17BrO4.C11H17NO2.C8H7BrO3.C5H12O2/c1-17-7-9-21(18(2)11-17)31-13-19(28)12-27-20-8-10-22(30-6)24(34-16-29-5)23(20)25-32-14-26(3,4)15-33-25;1-15(2)7-19-14(20-8-15)12-10(16)5-6-11(18-4)13(12)21-9-17-3;1-13(2)6-17-12(18-7-13)10-8(14)4-5-9(16-3)11(10)15;1-8-3-4-11(9(2)5-8)14-7-10(13)6-12;1-12-7-3-2-6(9)5(4-10)8(7)11;1-5(2,3-6)4-7/h7-11,19,25,27-28H,12-16H2,1-6H3;5-6,14H,7-9H2,1-4H3;4-5,12,15H,6-7H2,1-3H3;3-5,10,13H,6-7,12H2,1-2H3;2-4,11H,1H3;6-7H,3-4H2,1-2H3/t19-;;;10-;;/m1..1../s1. The number of benzene rings is 6. The number of hydrogen-bond donors (Lipinski definition) is 8. The molecule has 0 aliphatic carbocycles. The van der Waals surface area contributed by atoms with Gasteiger partial charge in [-0.15, -0.1) is 0 Å². The van der Waals surface area contributed by atoms with Crippen LogP contribution in [0.25, 0.3) is 0 Å². The number of anilines is 1. The summed E-state index contributed by atoms with van der Waals surface area (Å²) in [5, 5.41) is 59.5. The first-order valence-corrected chi connectivity index (χ1v) is 36.5. The second kappa shape index (κ2) is 45.0. The molecule has 0 amide bonds. The van der Waals surface area contributed by atoms with Gasteiger partial charge in [-0.1, -0.05) is 123 Å². The summed E-state index contributed by atoms with van der Waals surface area (Å²) in [6, 6.07) is 26.0. The number of hydrogen-bond acceptors (Lipinski definition) is 25. The van der Waals surface area contributed by atoms with Crippen molar-refractivity contribution < 1.29 is 111 Å². The lowest BCUT2D eigenvalue weighted by molar-refractivity contribution is -0.227. The summed E-state index contributed by atoms with van der Waals surface area (Å²) in [6.45, 7) is 28.8. The Labute approximate surface area is 649 Å². The summed E-state index contributed by atoms with van der Waals surface area (Å²) < 4.78 is 90.9. The van der Waals surface area contributed by atoms with Crippen LogP contribution in [-0.2, 0) is 37.9 Å². The van der Waals surface area contributed by atoms with E-state index in [1.54, 1.807) is 72.6 Å². The van der Waals surface area contributed by atoms with Gasteiger partial charge >= 0.3 is 0 Å². The lowest BCUT2D eigenvalue weighted by Crippen LogP contribution is -2.34. The highest BCUT2D eigenvalue weighted by Crippen LogP contribution is 2.47. The van der Waals surface area contributed by atoms with Gasteiger partial charge in [-0.25, -0.2) is 0 Å². The number of halogens is 3.